The van der Waals surface area contributed by atoms with E-state index in [4.69, 9.17) is 10.8 Å². The van der Waals surface area contributed by atoms with E-state index in [-0.39, 0.29) is 21.8 Å². The summed E-state index contributed by atoms with van der Waals surface area (Å²) >= 11 is 0. The molecule has 20 heavy (non-hydrogen) atoms. The van der Waals surface area contributed by atoms with Crippen LogP contribution < -0.4 is 10.5 Å². The van der Waals surface area contributed by atoms with Gasteiger partial charge in [0.2, 0.25) is 0 Å². The first-order valence-corrected chi connectivity index (χ1v) is 7.10. The second kappa shape index (κ2) is 5.22. The highest BCUT2D eigenvalue weighted by molar-refractivity contribution is 7.92. The highest BCUT2D eigenvalue weighted by atomic mass is 32.2. The number of benzene rings is 2. The lowest BCUT2D eigenvalue weighted by molar-refractivity contribution is 0.0698. The molecule has 0 spiro atoms. The fourth-order valence-electron chi connectivity index (χ4n) is 1.68. The first-order valence-electron chi connectivity index (χ1n) is 5.61. The van der Waals surface area contributed by atoms with Crippen molar-refractivity contribution in [1.29, 1.82) is 0 Å². The average Bonchev–Trinajstić information content (AvgIpc) is 2.39. The van der Waals surface area contributed by atoms with Crippen LogP contribution in [0.3, 0.4) is 0 Å². The molecule has 2 rings (SSSR count). The molecule has 7 heteroatoms. The summed E-state index contributed by atoms with van der Waals surface area (Å²) in [6.45, 7) is 0. The predicted molar refractivity (Wildman–Crippen MR) is 75.1 cm³/mol. The van der Waals surface area contributed by atoms with Crippen LogP contribution in [0.25, 0.3) is 0 Å². The number of carboxylic acids is 1. The Bertz CT molecular complexity index is 756. The van der Waals surface area contributed by atoms with Crippen molar-refractivity contribution in [2.45, 2.75) is 4.90 Å². The Hall–Kier alpha value is -2.54. The second-order valence-corrected chi connectivity index (χ2v) is 5.64. The van der Waals surface area contributed by atoms with E-state index in [1.54, 1.807) is 12.1 Å². The molecule has 0 fully saturated rings. The molecule has 0 saturated carbocycles. The van der Waals surface area contributed by atoms with E-state index in [0.29, 0.717) is 0 Å². The van der Waals surface area contributed by atoms with E-state index >= 15 is 0 Å². The van der Waals surface area contributed by atoms with Gasteiger partial charge in [-0.3, -0.25) is 4.72 Å². The Morgan fingerprint density at radius 1 is 1.05 bits per heavy atom. The summed E-state index contributed by atoms with van der Waals surface area (Å²) in [7, 11) is -3.94. The SMILES string of the molecule is Nc1ccccc1S(=O)(=O)Nc1ccccc1C(=O)O. The van der Waals surface area contributed by atoms with Gasteiger partial charge in [-0.1, -0.05) is 24.3 Å². The Morgan fingerprint density at radius 2 is 1.65 bits per heavy atom. The first-order chi connectivity index (χ1) is 9.42. The van der Waals surface area contributed by atoms with Crippen LogP contribution in [-0.4, -0.2) is 19.5 Å². The number of nitrogens with one attached hydrogen (secondary N) is 1. The molecule has 0 atom stereocenters. The highest BCUT2D eigenvalue weighted by Crippen LogP contribution is 2.23. The van der Waals surface area contributed by atoms with Crippen LogP contribution in [-0.2, 0) is 10.0 Å². The molecular weight excluding hydrogens is 280 g/mol. The number of carbonyl (C=O) groups is 1. The molecule has 0 saturated heterocycles. The summed E-state index contributed by atoms with van der Waals surface area (Å²) in [5.74, 6) is -1.22. The fourth-order valence-corrected chi connectivity index (χ4v) is 2.90. The molecule has 0 aliphatic heterocycles. The van der Waals surface area contributed by atoms with Crippen molar-refractivity contribution in [2.24, 2.45) is 0 Å². The molecule has 0 heterocycles. The lowest BCUT2D eigenvalue weighted by Gasteiger charge is -2.11. The summed E-state index contributed by atoms with van der Waals surface area (Å²) in [6, 6.07) is 11.7. The number of hydrogen-bond donors (Lipinski definition) is 3. The zero-order valence-electron chi connectivity index (χ0n) is 10.3. The Morgan fingerprint density at radius 3 is 2.30 bits per heavy atom. The third-order valence-corrected chi connectivity index (χ3v) is 4.05. The van der Waals surface area contributed by atoms with Crippen molar-refractivity contribution >= 4 is 27.4 Å². The standard InChI is InChI=1S/C13H12N2O4S/c14-10-6-2-4-8-12(10)20(18,19)15-11-7-3-1-5-9(11)13(16)17/h1-8,15H,14H2,(H,16,17). The van der Waals surface area contributed by atoms with Gasteiger partial charge in [0.25, 0.3) is 10.0 Å². The molecule has 0 radical (unpaired) electrons. The predicted octanol–water partition coefficient (Wildman–Crippen LogP) is 1.77. The molecular formula is C13H12N2O4S. The number of para-hydroxylation sites is 2. The molecule has 104 valence electrons. The third-order valence-electron chi connectivity index (χ3n) is 2.61. The monoisotopic (exact) mass is 292 g/mol. The van der Waals surface area contributed by atoms with Gasteiger partial charge in [0.1, 0.15) is 4.90 Å². The van der Waals surface area contributed by atoms with E-state index in [9.17, 15) is 13.2 Å². The first kappa shape index (κ1) is 13.9. The molecule has 0 aliphatic carbocycles. The molecule has 0 bridgehead atoms. The van der Waals surface area contributed by atoms with Gasteiger partial charge in [-0.15, -0.1) is 0 Å². The lowest BCUT2D eigenvalue weighted by Crippen LogP contribution is -2.16. The van der Waals surface area contributed by atoms with Gasteiger partial charge in [-0.2, -0.15) is 0 Å². The molecule has 2 aromatic carbocycles. The van der Waals surface area contributed by atoms with Gasteiger partial charge in [0, 0.05) is 0 Å². The van der Waals surface area contributed by atoms with Crippen LogP contribution >= 0.6 is 0 Å². The van der Waals surface area contributed by atoms with Gasteiger partial charge in [-0.05, 0) is 24.3 Å². The van der Waals surface area contributed by atoms with E-state index in [1.807, 2.05) is 0 Å². The maximum absolute atomic E-state index is 12.2. The minimum Gasteiger partial charge on any atom is -0.478 e. The number of rotatable bonds is 4. The molecule has 2 aromatic rings. The molecule has 6 nitrogen and oxygen atoms in total. The lowest BCUT2D eigenvalue weighted by atomic mass is 10.2. The number of aromatic carboxylic acids is 1. The van der Waals surface area contributed by atoms with Crippen LogP contribution in [0, 0.1) is 0 Å². The summed E-state index contributed by atoms with van der Waals surface area (Å²) < 4.78 is 26.7. The summed E-state index contributed by atoms with van der Waals surface area (Å²) in [5, 5.41) is 9.03. The van der Waals surface area contributed by atoms with Gasteiger partial charge >= 0.3 is 5.97 Å². The number of carboxylic acid groups (broad SMARTS) is 1. The normalized spacial score (nSPS) is 11.0. The van der Waals surface area contributed by atoms with Crippen LogP contribution in [0.15, 0.2) is 53.4 Å². The number of sulfonamides is 1. The highest BCUT2D eigenvalue weighted by Gasteiger charge is 2.19. The van der Waals surface area contributed by atoms with Crippen LogP contribution in [0.4, 0.5) is 11.4 Å². The topological polar surface area (TPSA) is 109 Å². The number of hydrogen-bond acceptors (Lipinski definition) is 4. The summed E-state index contributed by atoms with van der Waals surface area (Å²) in [5.41, 5.74) is 5.57. The minimum absolute atomic E-state index is 0.0109. The zero-order valence-corrected chi connectivity index (χ0v) is 11.1. The maximum Gasteiger partial charge on any atom is 0.337 e. The van der Waals surface area contributed by atoms with Crippen molar-refractivity contribution in [3.8, 4) is 0 Å². The maximum atomic E-state index is 12.2. The summed E-state index contributed by atoms with van der Waals surface area (Å²) in [6.07, 6.45) is 0. The quantitative estimate of drug-likeness (QED) is 0.744. The minimum atomic E-state index is -3.94. The van der Waals surface area contributed by atoms with Crippen molar-refractivity contribution in [2.75, 3.05) is 10.5 Å². The molecule has 0 amide bonds. The summed E-state index contributed by atoms with van der Waals surface area (Å²) in [4.78, 5) is 11.0. The average molecular weight is 292 g/mol. The van der Waals surface area contributed by atoms with E-state index in [1.165, 1.54) is 36.4 Å². The smallest absolute Gasteiger partial charge is 0.337 e. The molecule has 0 unspecified atom stereocenters. The van der Waals surface area contributed by atoms with E-state index in [0.717, 1.165) is 0 Å². The number of nitrogens with two attached hydrogens (primary N) is 1. The number of anilines is 2. The molecule has 0 aromatic heterocycles. The van der Waals surface area contributed by atoms with E-state index in [2.05, 4.69) is 4.72 Å². The second-order valence-electron chi connectivity index (χ2n) is 3.99. The van der Waals surface area contributed by atoms with Crippen molar-refractivity contribution in [3.63, 3.8) is 0 Å². The largest absolute Gasteiger partial charge is 0.478 e. The Kier molecular flexibility index (Phi) is 3.62. The van der Waals surface area contributed by atoms with Crippen LogP contribution in [0.5, 0.6) is 0 Å². The molecule has 4 N–H and O–H groups in total. The van der Waals surface area contributed by atoms with Gasteiger partial charge in [-0.25, -0.2) is 13.2 Å². The van der Waals surface area contributed by atoms with Crippen LogP contribution in [0.2, 0.25) is 0 Å². The van der Waals surface area contributed by atoms with E-state index < -0.39 is 16.0 Å². The van der Waals surface area contributed by atoms with Crippen LogP contribution in [0.1, 0.15) is 10.4 Å². The third kappa shape index (κ3) is 2.72. The van der Waals surface area contributed by atoms with Gasteiger partial charge in [0.15, 0.2) is 0 Å². The number of nitrogen functional groups attached to an aromatic ring is 1. The van der Waals surface area contributed by atoms with Crippen molar-refractivity contribution in [1.82, 2.24) is 0 Å². The van der Waals surface area contributed by atoms with Gasteiger partial charge < -0.3 is 10.8 Å². The Labute approximate surface area is 115 Å². The fraction of sp³-hybridized carbons (Fsp3) is 0. The van der Waals surface area contributed by atoms with Gasteiger partial charge in [0.05, 0.1) is 16.9 Å². The molecule has 0 aliphatic rings. The Balaban J connectivity index is 2.45. The van der Waals surface area contributed by atoms with Crippen molar-refractivity contribution < 1.29 is 18.3 Å². The van der Waals surface area contributed by atoms with Crippen molar-refractivity contribution in [3.05, 3.63) is 54.1 Å². The zero-order chi connectivity index (χ0) is 14.8.